The Labute approximate surface area is 123 Å². The SMILES string of the molecule is COc1ccc(CNC(=O)NC2CCCC2C(=O)O)cc1. The maximum atomic E-state index is 11.8. The van der Waals surface area contributed by atoms with Crippen LogP contribution in [0.4, 0.5) is 4.79 Å². The molecule has 0 aliphatic heterocycles. The number of hydrogen-bond acceptors (Lipinski definition) is 3. The minimum absolute atomic E-state index is 0.279. The lowest BCUT2D eigenvalue weighted by atomic mass is 10.0. The summed E-state index contributed by atoms with van der Waals surface area (Å²) >= 11 is 0. The zero-order chi connectivity index (χ0) is 15.2. The number of carboxylic acid groups (broad SMARTS) is 1. The Hall–Kier alpha value is -2.24. The van der Waals surface area contributed by atoms with E-state index in [4.69, 9.17) is 9.84 Å². The van der Waals surface area contributed by atoms with Gasteiger partial charge in [0.25, 0.3) is 0 Å². The first kappa shape index (κ1) is 15.2. The highest BCUT2D eigenvalue weighted by molar-refractivity contribution is 5.77. The quantitative estimate of drug-likeness (QED) is 0.771. The van der Waals surface area contributed by atoms with Gasteiger partial charge in [-0.1, -0.05) is 18.6 Å². The van der Waals surface area contributed by atoms with Crippen LogP contribution in [-0.4, -0.2) is 30.3 Å². The molecule has 1 aromatic rings. The monoisotopic (exact) mass is 292 g/mol. The summed E-state index contributed by atoms with van der Waals surface area (Å²) in [4.78, 5) is 22.9. The van der Waals surface area contributed by atoms with Crippen LogP contribution in [0.1, 0.15) is 24.8 Å². The third-order valence-corrected chi connectivity index (χ3v) is 3.76. The van der Waals surface area contributed by atoms with E-state index >= 15 is 0 Å². The Bertz CT molecular complexity index is 501. The summed E-state index contributed by atoms with van der Waals surface area (Å²) in [6, 6.07) is 6.78. The molecule has 0 radical (unpaired) electrons. The van der Waals surface area contributed by atoms with Crippen LogP contribution in [-0.2, 0) is 11.3 Å². The lowest BCUT2D eigenvalue weighted by Gasteiger charge is -2.18. The third-order valence-electron chi connectivity index (χ3n) is 3.76. The molecule has 6 nitrogen and oxygen atoms in total. The number of nitrogens with one attached hydrogen (secondary N) is 2. The zero-order valence-electron chi connectivity index (χ0n) is 12.0. The van der Waals surface area contributed by atoms with Crippen molar-refractivity contribution in [3.05, 3.63) is 29.8 Å². The van der Waals surface area contributed by atoms with Crippen LogP contribution in [0.25, 0.3) is 0 Å². The van der Waals surface area contributed by atoms with Gasteiger partial charge in [0, 0.05) is 12.6 Å². The summed E-state index contributed by atoms with van der Waals surface area (Å²) in [5.74, 6) is -0.553. The van der Waals surface area contributed by atoms with Gasteiger partial charge in [0.1, 0.15) is 5.75 Å². The molecule has 0 saturated heterocycles. The van der Waals surface area contributed by atoms with Crippen molar-refractivity contribution in [3.63, 3.8) is 0 Å². The molecule has 1 aliphatic rings. The van der Waals surface area contributed by atoms with Gasteiger partial charge in [-0.15, -0.1) is 0 Å². The molecule has 0 aromatic heterocycles. The summed E-state index contributed by atoms with van der Waals surface area (Å²) in [5.41, 5.74) is 0.951. The van der Waals surface area contributed by atoms with E-state index in [1.54, 1.807) is 7.11 Å². The normalized spacial score (nSPS) is 20.8. The second-order valence-electron chi connectivity index (χ2n) is 5.16. The number of rotatable bonds is 5. The molecular formula is C15H20N2O4. The van der Waals surface area contributed by atoms with Crippen LogP contribution in [0, 0.1) is 5.92 Å². The van der Waals surface area contributed by atoms with Crippen molar-refractivity contribution in [2.75, 3.05) is 7.11 Å². The zero-order valence-corrected chi connectivity index (χ0v) is 12.0. The predicted octanol–water partition coefficient (Wildman–Crippen LogP) is 1.75. The van der Waals surface area contributed by atoms with E-state index in [9.17, 15) is 9.59 Å². The first-order chi connectivity index (χ1) is 10.1. The number of carbonyl (C=O) groups excluding carboxylic acids is 1. The van der Waals surface area contributed by atoms with Gasteiger partial charge in [-0.05, 0) is 30.5 Å². The second kappa shape index (κ2) is 6.97. The van der Waals surface area contributed by atoms with E-state index < -0.39 is 11.9 Å². The Balaban J connectivity index is 1.80. The number of carbonyl (C=O) groups is 2. The predicted molar refractivity (Wildman–Crippen MR) is 77.1 cm³/mol. The van der Waals surface area contributed by atoms with Crippen LogP contribution in [0.3, 0.4) is 0 Å². The molecule has 0 spiro atoms. The Morgan fingerprint density at radius 1 is 1.29 bits per heavy atom. The van der Waals surface area contributed by atoms with Crippen molar-refractivity contribution in [2.24, 2.45) is 5.92 Å². The Morgan fingerprint density at radius 3 is 2.62 bits per heavy atom. The highest BCUT2D eigenvalue weighted by Gasteiger charge is 2.33. The second-order valence-corrected chi connectivity index (χ2v) is 5.16. The lowest BCUT2D eigenvalue weighted by molar-refractivity contribution is -0.142. The standard InChI is InChI=1S/C15H20N2O4/c1-21-11-7-5-10(6-8-11)9-16-15(20)17-13-4-2-3-12(13)14(18)19/h5-8,12-13H,2-4,9H2,1H3,(H,18,19)(H2,16,17,20). The van der Waals surface area contributed by atoms with Crippen molar-refractivity contribution in [2.45, 2.75) is 31.8 Å². The molecule has 2 unspecified atom stereocenters. The molecule has 0 bridgehead atoms. The Morgan fingerprint density at radius 2 is 2.00 bits per heavy atom. The van der Waals surface area contributed by atoms with Crippen molar-refractivity contribution in [1.82, 2.24) is 10.6 Å². The van der Waals surface area contributed by atoms with E-state index in [1.165, 1.54) is 0 Å². The maximum Gasteiger partial charge on any atom is 0.315 e. The summed E-state index contributed by atoms with van der Waals surface area (Å²) in [6.45, 7) is 0.389. The first-order valence-electron chi connectivity index (χ1n) is 7.00. The van der Waals surface area contributed by atoms with E-state index in [0.29, 0.717) is 19.4 Å². The summed E-state index contributed by atoms with van der Waals surface area (Å²) in [5, 5.41) is 14.6. The van der Waals surface area contributed by atoms with Crippen molar-refractivity contribution >= 4 is 12.0 Å². The van der Waals surface area contributed by atoms with Gasteiger partial charge in [0.2, 0.25) is 0 Å². The third kappa shape index (κ3) is 4.11. The Kier molecular flexibility index (Phi) is 5.03. The van der Waals surface area contributed by atoms with Gasteiger partial charge >= 0.3 is 12.0 Å². The van der Waals surface area contributed by atoms with E-state index in [1.807, 2.05) is 24.3 Å². The van der Waals surface area contributed by atoms with Crippen LogP contribution in [0.2, 0.25) is 0 Å². The highest BCUT2D eigenvalue weighted by atomic mass is 16.5. The van der Waals surface area contributed by atoms with Crippen molar-refractivity contribution in [1.29, 1.82) is 0 Å². The molecular weight excluding hydrogens is 272 g/mol. The molecule has 0 heterocycles. The number of urea groups is 1. The van der Waals surface area contributed by atoms with Crippen LogP contribution in [0.5, 0.6) is 5.75 Å². The van der Waals surface area contributed by atoms with Crippen molar-refractivity contribution < 1.29 is 19.4 Å². The van der Waals surface area contributed by atoms with Gasteiger partial charge in [-0.2, -0.15) is 0 Å². The molecule has 2 amide bonds. The van der Waals surface area contributed by atoms with Crippen LogP contribution in [0.15, 0.2) is 24.3 Å². The molecule has 1 fully saturated rings. The van der Waals surface area contributed by atoms with Gasteiger partial charge < -0.3 is 20.5 Å². The fourth-order valence-electron chi connectivity index (χ4n) is 2.57. The summed E-state index contributed by atoms with van der Waals surface area (Å²) < 4.78 is 5.06. The number of hydrogen-bond donors (Lipinski definition) is 3. The molecule has 2 atom stereocenters. The molecule has 2 rings (SSSR count). The molecule has 21 heavy (non-hydrogen) atoms. The van der Waals surface area contributed by atoms with E-state index in [-0.39, 0.29) is 12.1 Å². The smallest absolute Gasteiger partial charge is 0.315 e. The fourth-order valence-corrected chi connectivity index (χ4v) is 2.57. The number of carboxylic acids is 1. The summed E-state index contributed by atoms with van der Waals surface area (Å²) in [7, 11) is 1.60. The molecule has 1 aromatic carbocycles. The van der Waals surface area contributed by atoms with Gasteiger partial charge in [-0.3, -0.25) is 4.79 Å². The number of benzene rings is 1. The van der Waals surface area contributed by atoms with E-state index in [2.05, 4.69) is 10.6 Å². The van der Waals surface area contributed by atoms with Gasteiger partial charge in [-0.25, -0.2) is 4.79 Å². The molecule has 114 valence electrons. The average Bonchev–Trinajstić information content (AvgIpc) is 2.94. The molecule has 1 saturated carbocycles. The first-order valence-corrected chi connectivity index (χ1v) is 7.00. The number of aliphatic carboxylic acids is 1. The fraction of sp³-hybridized carbons (Fsp3) is 0.467. The molecule has 3 N–H and O–H groups in total. The minimum atomic E-state index is -0.840. The lowest BCUT2D eigenvalue weighted by Crippen LogP contribution is -2.45. The van der Waals surface area contributed by atoms with Crippen molar-refractivity contribution in [3.8, 4) is 5.75 Å². The number of amides is 2. The van der Waals surface area contributed by atoms with Crippen LogP contribution >= 0.6 is 0 Å². The average molecular weight is 292 g/mol. The largest absolute Gasteiger partial charge is 0.497 e. The maximum absolute atomic E-state index is 11.8. The molecule has 6 heteroatoms. The van der Waals surface area contributed by atoms with Gasteiger partial charge in [0.15, 0.2) is 0 Å². The minimum Gasteiger partial charge on any atom is -0.497 e. The van der Waals surface area contributed by atoms with Crippen LogP contribution < -0.4 is 15.4 Å². The highest BCUT2D eigenvalue weighted by Crippen LogP contribution is 2.25. The number of methoxy groups -OCH3 is 1. The van der Waals surface area contributed by atoms with Gasteiger partial charge in [0.05, 0.1) is 13.0 Å². The van der Waals surface area contributed by atoms with E-state index in [0.717, 1.165) is 17.7 Å². The molecule has 1 aliphatic carbocycles. The summed E-state index contributed by atoms with van der Waals surface area (Å²) in [6.07, 6.45) is 2.17. The number of ether oxygens (including phenoxy) is 1. The topological polar surface area (TPSA) is 87.7 Å².